The summed E-state index contributed by atoms with van der Waals surface area (Å²) in [5, 5.41) is 1.68. The van der Waals surface area contributed by atoms with Crippen LogP contribution in [0.25, 0.3) is 10.8 Å². The fraction of sp³-hybridized carbons (Fsp3) is 0.520. The van der Waals surface area contributed by atoms with Gasteiger partial charge < -0.3 is 30.4 Å². The highest BCUT2D eigenvalue weighted by Crippen LogP contribution is 2.32. The van der Waals surface area contributed by atoms with Crippen molar-refractivity contribution in [2.45, 2.75) is 12.8 Å². The van der Waals surface area contributed by atoms with E-state index in [1.54, 1.807) is 6.07 Å². The number of aryl methyl sites for hydroxylation is 1. The van der Waals surface area contributed by atoms with Gasteiger partial charge >= 0.3 is 0 Å². The largest absolute Gasteiger partial charge is 0.379 e. The van der Waals surface area contributed by atoms with E-state index in [-0.39, 0.29) is 25.0 Å². The normalized spacial score (nSPS) is 13.3. The molecule has 1 heterocycles. The maximum absolute atomic E-state index is 13.1. The zero-order chi connectivity index (χ0) is 24.2. The molecule has 0 saturated carbocycles. The molecular weight excluding hydrogens is 438 g/mol. The molecule has 1 aliphatic heterocycles. The number of nitrogens with two attached hydrogens (primary N) is 2. The molecule has 34 heavy (non-hydrogen) atoms. The number of imide groups is 1. The standard InChI is InChI=1S/C25H35N3O6/c26-8-12-32-16-15-31-11-2-3-19-6-7-22-23-20(19)4-1-5-21(23)24(29)28(25(22)30)10-14-34-18-17-33-13-9-27/h1,4-7H,2-3,8-18,26-27H2. The van der Waals surface area contributed by atoms with Gasteiger partial charge in [0.1, 0.15) is 0 Å². The van der Waals surface area contributed by atoms with Crippen LogP contribution >= 0.6 is 0 Å². The van der Waals surface area contributed by atoms with E-state index in [2.05, 4.69) is 0 Å². The van der Waals surface area contributed by atoms with E-state index >= 15 is 0 Å². The van der Waals surface area contributed by atoms with Gasteiger partial charge in [0.2, 0.25) is 0 Å². The van der Waals surface area contributed by atoms with Crippen molar-refractivity contribution in [3.05, 3.63) is 47.0 Å². The summed E-state index contributed by atoms with van der Waals surface area (Å²) < 4.78 is 21.7. The summed E-state index contributed by atoms with van der Waals surface area (Å²) in [7, 11) is 0. The maximum Gasteiger partial charge on any atom is 0.261 e. The van der Waals surface area contributed by atoms with Crippen LogP contribution in [0.1, 0.15) is 32.7 Å². The number of ether oxygens (including phenoxy) is 4. The van der Waals surface area contributed by atoms with Crippen LogP contribution in [0.2, 0.25) is 0 Å². The number of hydrogen-bond acceptors (Lipinski definition) is 8. The smallest absolute Gasteiger partial charge is 0.261 e. The SMILES string of the molecule is NCCOCCOCCCc1ccc2c3c(cccc13)C(=O)N(CCOCCOCCN)C2=O. The Bertz CT molecular complexity index is 929. The van der Waals surface area contributed by atoms with E-state index in [0.29, 0.717) is 70.5 Å². The van der Waals surface area contributed by atoms with Crippen LogP contribution in [-0.2, 0) is 25.4 Å². The Balaban J connectivity index is 1.58. The van der Waals surface area contributed by atoms with Gasteiger partial charge in [-0.15, -0.1) is 0 Å². The summed E-state index contributed by atoms with van der Waals surface area (Å²) in [6.45, 7) is 4.92. The highest BCUT2D eigenvalue weighted by Gasteiger charge is 2.32. The number of rotatable bonds is 17. The summed E-state index contributed by atoms with van der Waals surface area (Å²) in [6.07, 6.45) is 1.62. The highest BCUT2D eigenvalue weighted by atomic mass is 16.5. The number of benzene rings is 2. The molecule has 186 valence electrons. The molecule has 0 unspecified atom stereocenters. The molecule has 0 radical (unpaired) electrons. The predicted octanol–water partition coefficient (Wildman–Crippen LogP) is 1.35. The third-order valence-corrected chi connectivity index (χ3v) is 5.54. The fourth-order valence-electron chi connectivity index (χ4n) is 3.96. The summed E-state index contributed by atoms with van der Waals surface area (Å²) >= 11 is 0. The first-order valence-corrected chi connectivity index (χ1v) is 11.8. The third kappa shape index (κ3) is 6.82. The number of amides is 2. The summed E-state index contributed by atoms with van der Waals surface area (Å²) in [6, 6.07) is 9.42. The number of nitrogens with zero attached hydrogens (tertiary/aromatic N) is 1. The highest BCUT2D eigenvalue weighted by molar-refractivity contribution is 6.25. The van der Waals surface area contributed by atoms with Crippen LogP contribution in [0.5, 0.6) is 0 Å². The van der Waals surface area contributed by atoms with Gasteiger partial charge in [-0.2, -0.15) is 0 Å². The molecule has 0 aromatic heterocycles. The topological polar surface area (TPSA) is 126 Å². The van der Waals surface area contributed by atoms with Crippen LogP contribution in [0.4, 0.5) is 0 Å². The fourth-order valence-corrected chi connectivity index (χ4v) is 3.96. The van der Waals surface area contributed by atoms with Crippen molar-refractivity contribution in [1.29, 1.82) is 0 Å². The first-order valence-electron chi connectivity index (χ1n) is 11.8. The molecule has 0 bridgehead atoms. The molecule has 9 heteroatoms. The van der Waals surface area contributed by atoms with Gasteiger partial charge in [0.15, 0.2) is 0 Å². The zero-order valence-electron chi connectivity index (χ0n) is 19.6. The molecule has 4 N–H and O–H groups in total. The Morgan fingerprint density at radius 1 is 0.676 bits per heavy atom. The van der Waals surface area contributed by atoms with Crippen molar-refractivity contribution in [1.82, 2.24) is 4.90 Å². The first kappa shape index (κ1) is 26.2. The van der Waals surface area contributed by atoms with Crippen LogP contribution in [0, 0.1) is 0 Å². The molecule has 1 aliphatic rings. The molecule has 0 spiro atoms. The van der Waals surface area contributed by atoms with Gasteiger partial charge in [0, 0.05) is 36.2 Å². The van der Waals surface area contributed by atoms with Crippen LogP contribution in [-0.4, -0.2) is 89.2 Å². The van der Waals surface area contributed by atoms with Gasteiger partial charge in [-0.1, -0.05) is 18.2 Å². The van der Waals surface area contributed by atoms with Crippen molar-refractivity contribution in [2.24, 2.45) is 11.5 Å². The summed E-state index contributed by atoms with van der Waals surface area (Å²) in [5.74, 6) is -0.576. The maximum atomic E-state index is 13.1. The lowest BCUT2D eigenvalue weighted by atomic mass is 9.90. The van der Waals surface area contributed by atoms with Crippen molar-refractivity contribution >= 4 is 22.6 Å². The minimum atomic E-state index is -0.288. The monoisotopic (exact) mass is 473 g/mol. The van der Waals surface area contributed by atoms with Crippen molar-refractivity contribution in [3.8, 4) is 0 Å². The molecule has 0 atom stereocenters. The van der Waals surface area contributed by atoms with Gasteiger partial charge in [-0.25, -0.2) is 0 Å². The second-order valence-corrected chi connectivity index (χ2v) is 7.89. The van der Waals surface area contributed by atoms with Crippen LogP contribution in [0.3, 0.4) is 0 Å². The van der Waals surface area contributed by atoms with Gasteiger partial charge in [-0.3, -0.25) is 14.5 Å². The molecule has 9 nitrogen and oxygen atoms in total. The number of carbonyl (C=O) groups excluding carboxylic acids is 2. The van der Waals surface area contributed by atoms with Crippen molar-refractivity contribution in [2.75, 3.05) is 72.5 Å². The molecule has 0 fully saturated rings. The van der Waals surface area contributed by atoms with Crippen molar-refractivity contribution in [3.63, 3.8) is 0 Å². The van der Waals surface area contributed by atoms with E-state index in [1.807, 2.05) is 24.3 Å². The zero-order valence-corrected chi connectivity index (χ0v) is 19.6. The van der Waals surface area contributed by atoms with Gasteiger partial charge in [0.05, 0.1) is 52.8 Å². The Morgan fingerprint density at radius 2 is 1.26 bits per heavy atom. The minimum Gasteiger partial charge on any atom is -0.379 e. The van der Waals surface area contributed by atoms with Gasteiger partial charge in [-0.05, 0) is 35.9 Å². The third-order valence-electron chi connectivity index (χ3n) is 5.54. The molecule has 0 aliphatic carbocycles. The Labute approximate surface area is 200 Å². The molecule has 2 amide bonds. The lowest BCUT2D eigenvalue weighted by molar-refractivity contribution is 0.0353. The predicted molar refractivity (Wildman–Crippen MR) is 129 cm³/mol. The summed E-state index contributed by atoms with van der Waals surface area (Å²) in [5.41, 5.74) is 12.9. The summed E-state index contributed by atoms with van der Waals surface area (Å²) in [4.78, 5) is 27.5. The first-order chi connectivity index (χ1) is 16.7. The number of carbonyl (C=O) groups is 2. The number of hydrogen-bond donors (Lipinski definition) is 2. The molecular formula is C25H35N3O6. The second-order valence-electron chi connectivity index (χ2n) is 7.89. The molecule has 3 rings (SSSR count). The lowest BCUT2D eigenvalue weighted by Gasteiger charge is -2.27. The average molecular weight is 474 g/mol. The molecule has 0 saturated heterocycles. The Kier molecular flexibility index (Phi) is 10.9. The quantitative estimate of drug-likeness (QED) is 0.260. The van der Waals surface area contributed by atoms with E-state index < -0.39 is 0 Å². The minimum absolute atomic E-state index is 0.193. The average Bonchev–Trinajstić information content (AvgIpc) is 2.85. The molecule has 2 aromatic carbocycles. The Morgan fingerprint density at radius 3 is 1.91 bits per heavy atom. The van der Waals surface area contributed by atoms with Crippen molar-refractivity contribution < 1.29 is 28.5 Å². The van der Waals surface area contributed by atoms with E-state index in [9.17, 15) is 9.59 Å². The molecule has 2 aromatic rings. The van der Waals surface area contributed by atoms with Crippen LogP contribution in [0.15, 0.2) is 30.3 Å². The van der Waals surface area contributed by atoms with Crippen LogP contribution < -0.4 is 11.5 Å². The van der Waals surface area contributed by atoms with Gasteiger partial charge in [0.25, 0.3) is 11.8 Å². The Hall–Kier alpha value is -2.40. The van der Waals surface area contributed by atoms with E-state index in [1.165, 1.54) is 4.90 Å². The lowest BCUT2D eigenvalue weighted by Crippen LogP contribution is -2.42. The van der Waals surface area contributed by atoms with E-state index in [4.69, 9.17) is 30.4 Å². The van der Waals surface area contributed by atoms with E-state index in [0.717, 1.165) is 29.2 Å². The second kappa shape index (κ2) is 14.1.